The Labute approximate surface area is 150 Å². The summed E-state index contributed by atoms with van der Waals surface area (Å²) in [4.78, 5) is 13.0. The molecule has 122 valence electrons. The van der Waals surface area contributed by atoms with Crippen LogP contribution in [0.1, 0.15) is 6.92 Å². The lowest BCUT2D eigenvalue weighted by Gasteiger charge is -2.11. The van der Waals surface area contributed by atoms with Gasteiger partial charge in [-0.05, 0) is 37.3 Å². The van der Waals surface area contributed by atoms with Gasteiger partial charge < -0.3 is 10.6 Å². The lowest BCUT2D eigenvalue weighted by Crippen LogP contribution is -2.05. The number of nitrogens with one attached hydrogen (secondary N) is 2. The molecule has 2 N–H and O–H groups in total. The molecule has 3 aromatic rings. The van der Waals surface area contributed by atoms with Crippen LogP contribution in [0.5, 0.6) is 0 Å². The molecule has 2 aromatic heterocycles. The van der Waals surface area contributed by atoms with Crippen LogP contribution < -0.4 is 10.6 Å². The van der Waals surface area contributed by atoms with Gasteiger partial charge in [-0.1, -0.05) is 23.2 Å². The summed E-state index contributed by atoms with van der Waals surface area (Å²) in [6.45, 7) is 2.72. The van der Waals surface area contributed by atoms with E-state index in [0.717, 1.165) is 23.5 Å². The topological polar surface area (TPSA) is 62.7 Å². The van der Waals surface area contributed by atoms with Crippen LogP contribution in [0, 0.1) is 0 Å². The maximum Gasteiger partial charge on any atom is 0.225 e. The second-order valence-corrected chi connectivity index (χ2v) is 5.80. The standard InChI is InChI=1S/C17H15Cl2N5/c1-2-21-17-23-15(11-5-7-20-8-6-11)10-16(24-17)22-12-3-4-13(18)14(19)9-12/h3-10H,2H2,1H3,(H2,21,22,23,24). The van der Waals surface area contributed by atoms with E-state index in [1.807, 2.05) is 31.2 Å². The van der Waals surface area contributed by atoms with Gasteiger partial charge in [-0.15, -0.1) is 0 Å². The zero-order valence-electron chi connectivity index (χ0n) is 12.9. The number of hydrogen-bond donors (Lipinski definition) is 2. The van der Waals surface area contributed by atoms with Gasteiger partial charge in [-0.25, -0.2) is 4.98 Å². The van der Waals surface area contributed by atoms with Crippen molar-refractivity contribution in [3.8, 4) is 11.3 Å². The number of halogens is 2. The summed E-state index contributed by atoms with van der Waals surface area (Å²) in [6.07, 6.45) is 3.47. The third-order valence-corrected chi connectivity index (χ3v) is 3.97. The Bertz CT molecular complexity index is 840. The fourth-order valence-corrected chi connectivity index (χ4v) is 2.44. The van der Waals surface area contributed by atoms with Gasteiger partial charge in [-0.3, -0.25) is 4.98 Å². The average molecular weight is 360 g/mol. The highest BCUT2D eigenvalue weighted by Crippen LogP contribution is 2.28. The van der Waals surface area contributed by atoms with Crippen LogP contribution in [-0.4, -0.2) is 21.5 Å². The quantitative estimate of drug-likeness (QED) is 0.669. The molecule has 0 atom stereocenters. The van der Waals surface area contributed by atoms with Crippen molar-refractivity contribution in [1.82, 2.24) is 15.0 Å². The summed E-state index contributed by atoms with van der Waals surface area (Å²) in [5.74, 6) is 1.21. The van der Waals surface area contributed by atoms with Crippen LogP contribution in [0.2, 0.25) is 10.0 Å². The van der Waals surface area contributed by atoms with Gasteiger partial charge in [-0.2, -0.15) is 4.98 Å². The van der Waals surface area contributed by atoms with Gasteiger partial charge >= 0.3 is 0 Å². The summed E-state index contributed by atoms with van der Waals surface area (Å²) in [5, 5.41) is 7.36. The van der Waals surface area contributed by atoms with Gasteiger partial charge in [0.2, 0.25) is 5.95 Å². The van der Waals surface area contributed by atoms with Crippen LogP contribution in [0.25, 0.3) is 11.3 Å². The second-order valence-electron chi connectivity index (χ2n) is 4.98. The molecule has 0 bridgehead atoms. The predicted molar refractivity (Wildman–Crippen MR) is 99.2 cm³/mol. The van der Waals surface area contributed by atoms with Crippen molar-refractivity contribution in [2.24, 2.45) is 0 Å². The molecule has 0 aliphatic heterocycles. The molecule has 0 unspecified atom stereocenters. The maximum atomic E-state index is 6.06. The van der Waals surface area contributed by atoms with Gasteiger partial charge in [0.1, 0.15) is 5.82 Å². The fraction of sp³-hybridized carbons (Fsp3) is 0.118. The molecular formula is C17H15Cl2N5. The van der Waals surface area contributed by atoms with E-state index >= 15 is 0 Å². The molecule has 0 saturated carbocycles. The highest BCUT2D eigenvalue weighted by molar-refractivity contribution is 6.42. The Morgan fingerprint density at radius 1 is 0.958 bits per heavy atom. The summed E-state index contributed by atoms with van der Waals surface area (Å²) < 4.78 is 0. The third kappa shape index (κ3) is 3.93. The SMILES string of the molecule is CCNc1nc(Nc2ccc(Cl)c(Cl)c2)cc(-c2ccncc2)n1. The van der Waals surface area contributed by atoms with E-state index in [0.29, 0.717) is 21.8 Å². The van der Waals surface area contributed by atoms with E-state index in [1.165, 1.54) is 0 Å². The molecule has 0 fully saturated rings. The van der Waals surface area contributed by atoms with Crippen LogP contribution in [0.15, 0.2) is 48.8 Å². The molecule has 7 heteroatoms. The van der Waals surface area contributed by atoms with Gasteiger partial charge in [0, 0.05) is 36.3 Å². The Morgan fingerprint density at radius 2 is 1.75 bits per heavy atom. The van der Waals surface area contributed by atoms with Crippen LogP contribution in [0.3, 0.4) is 0 Å². The number of benzene rings is 1. The average Bonchev–Trinajstić information content (AvgIpc) is 2.59. The first-order valence-electron chi connectivity index (χ1n) is 7.41. The number of hydrogen-bond acceptors (Lipinski definition) is 5. The third-order valence-electron chi connectivity index (χ3n) is 3.23. The van der Waals surface area contributed by atoms with Crippen molar-refractivity contribution in [2.45, 2.75) is 6.92 Å². The number of anilines is 3. The van der Waals surface area contributed by atoms with E-state index < -0.39 is 0 Å². The Balaban J connectivity index is 1.97. The van der Waals surface area contributed by atoms with Gasteiger partial charge in [0.25, 0.3) is 0 Å². The first-order chi connectivity index (χ1) is 11.7. The van der Waals surface area contributed by atoms with Crippen molar-refractivity contribution in [3.63, 3.8) is 0 Å². The number of nitrogens with zero attached hydrogens (tertiary/aromatic N) is 3. The van der Waals surface area contributed by atoms with E-state index in [4.69, 9.17) is 23.2 Å². The lowest BCUT2D eigenvalue weighted by molar-refractivity contribution is 1.09. The molecule has 0 saturated heterocycles. The molecular weight excluding hydrogens is 345 g/mol. The molecule has 0 aliphatic rings. The van der Waals surface area contributed by atoms with Crippen LogP contribution in [-0.2, 0) is 0 Å². The van der Waals surface area contributed by atoms with Gasteiger partial charge in [0.05, 0.1) is 15.7 Å². The lowest BCUT2D eigenvalue weighted by atomic mass is 10.2. The minimum absolute atomic E-state index is 0.483. The van der Waals surface area contributed by atoms with E-state index in [2.05, 4.69) is 25.6 Å². The molecule has 2 heterocycles. The molecule has 0 radical (unpaired) electrons. The van der Waals surface area contributed by atoms with E-state index in [-0.39, 0.29) is 0 Å². The molecule has 0 spiro atoms. The van der Waals surface area contributed by atoms with Crippen molar-refractivity contribution >= 4 is 40.7 Å². The summed E-state index contributed by atoms with van der Waals surface area (Å²) in [7, 11) is 0. The first kappa shape index (κ1) is 16.5. The highest BCUT2D eigenvalue weighted by Gasteiger charge is 2.08. The molecule has 0 amide bonds. The Kier molecular flexibility index (Phi) is 5.13. The van der Waals surface area contributed by atoms with E-state index in [9.17, 15) is 0 Å². The maximum absolute atomic E-state index is 6.06. The number of aromatic nitrogens is 3. The van der Waals surface area contributed by atoms with Crippen LogP contribution in [0.4, 0.5) is 17.5 Å². The number of rotatable bonds is 5. The fourth-order valence-electron chi connectivity index (χ4n) is 2.14. The first-order valence-corrected chi connectivity index (χ1v) is 8.16. The Hall–Kier alpha value is -2.37. The summed E-state index contributed by atoms with van der Waals surface area (Å²) >= 11 is 12.0. The minimum Gasteiger partial charge on any atom is -0.354 e. The molecule has 5 nitrogen and oxygen atoms in total. The van der Waals surface area contributed by atoms with Crippen molar-refractivity contribution in [1.29, 1.82) is 0 Å². The second kappa shape index (κ2) is 7.47. The summed E-state index contributed by atoms with van der Waals surface area (Å²) in [5.41, 5.74) is 2.56. The molecule has 0 aliphatic carbocycles. The zero-order chi connectivity index (χ0) is 16.9. The van der Waals surface area contributed by atoms with E-state index in [1.54, 1.807) is 24.5 Å². The molecule has 1 aromatic carbocycles. The van der Waals surface area contributed by atoms with Crippen LogP contribution >= 0.6 is 23.2 Å². The van der Waals surface area contributed by atoms with Crippen molar-refractivity contribution < 1.29 is 0 Å². The highest BCUT2D eigenvalue weighted by atomic mass is 35.5. The van der Waals surface area contributed by atoms with Crippen molar-refractivity contribution in [2.75, 3.05) is 17.2 Å². The predicted octanol–water partition coefficient (Wildman–Crippen LogP) is 5.02. The normalized spacial score (nSPS) is 10.5. The Morgan fingerprint density at radius 3 is 2.46 bits per heavy atom. The smallest absolute Gasteiger partial charge is 0.225 e. The number of pyridine rings is 1. The summed E-state index contributed by atoms with van der Waals surface area (Å²) in [6, 6.07) is 11.0. The monoisotopic (exact) mass is 359 g/mol. The van der Waals surface area contributed by atoms with Crippen molar-refractivity contribution in [3.05, 3.63) is 58.8 Å². The zero-order valence-corrected chi connectivity index (χ0v) is 14.4. The molecule has 3 rings (SSSR count). The minimum atomic E-state index is 0.483. The van der Waals surface area contributed by atoms with Gasteiger partial charge in [0.15, 0.2) is 0 Å². The molecule has 24 heavy (non-hydrogen) atoms. The largest absolute Gasteiger partial charge is 0.354 e.